The molecule has 2 rings (SSSR count). The first kappa shape index (κ1) is 15.2. The molecule has 1 atom stereocenters. The number of carbonyl (C=O) groups excluding carboxylic acids is 1. The molecule has 0 spiro atoms. The van der Waals surface area contributed by atoms with Gasteiger partial charge in [0.2, 0.25) is 5.91 Å². The van der Waals surface area contributed by atoms with E-state index in [1.807, 2.05) is 24.3 Å². The molecular formula is C16H22ClNO2. The molecule has 0 bridgehead atoms. The third kappa shape index (κ3) is 3.66. The second-order valence-electron chi connectivity index (χ2n) is 6.05. The van der Waals surface area contributed by atoms with Gasteiger partial charge in [0, 0.05) is 18.0 Å². The van der Waals surface area contributed by atoms with Gasteiger partial charge in [-0.25, -0.2) is 0 Å². The molecule has 0 aliphatic carbocycles. The molecule has 0 radical (unpaired) electrons. The van der Waals surface area contributed by atoms with Crippen molar-refractivity contribution in [1.82, 2.24) is 5.32 Å². The zero-order valence-corrected chi connectivity index (χ0v) is 12.9. The second kappa shape index (κ2) is 6.49. The number of amides is 1. The molecule has 1 unspecified atom stereocenters. The topological polar surface area (TPSA) is 38.3 Å². The van der Waals surface area contributed by atoms with Gasteiger partial charge >= 0.3 is 0 Å². The number of alkyl halides is 1. The van der Waals surface area contributed by atoms with Gasteiger partial charge in [-0.3, -0.25) is 4.79 Å². The van der Waals surface area contributed by atoms with Gasteiger partial charge in [0.15, 0.2) is 0 Å². The summed E-state index contributed by atoms with van der Waals surface area (Å²) >= 11 is 5.79. The van der Waals surface area contributed by atoms with Crippen LogP contribution in [0.25, 0.3) is 0 Å². The summed E-state index contributed by atoms with van der Waals surface area (Å²) < 4.78 is 5.59. The third-order valence-corrected chi connectivity index (χ3v) is 3.98. The lowest BCUT2D eigenvalue weighted by atomic mass is 9.88. The van der Waals surface area contributed by atoms with Crippen LogP contribution in [-0.4, -0.2) is 24.9 Å². The van der Waals surface area contributed by atoms with E-state index < -0.39 is 0 Å². The van der Waals surface area contributed by atoms with Crippen LogP contribution in [0.3, 0.4) is 0 Å². The number of hydrogen-bond acceptors (Lipinski definition) is 2. The average molecular weight is 296 g/mol. The molecule has 110 valence electrons. The third-order valence-electron chi connectivity index (χ3n) is 3.79. The molecule has 1 N–H and O–H groups in total. The molecule has 3 nitrogen and oxygen atoms in total. The lowest BCUT2D eigenvalue weighted by Crippen LogP contribution is -2.38. The molecule has 20 heavy (non-hydrogen) atoms. The molecule has 1 heterocycles. The molecule has 0 saturated carbocycles. The summed E-state index contributed by atoms with van der Waals surface area (Å²) in [5.74, 6) is 1.43. The van der Waals surface area contributed by atoms with Crippen molar-refractivity contribution in [2.24, 2.45) is 5.41 Å². The van der Waals surface area contributed by atoms with Crippen LogP contribution in [0.1, 0.15) is 38.2 Å². The Morgan fingerprint density at radius 3 is 2.95 bits per heavy atom. The highest BCUT2D eigenvalue weighted by atomic mass is 35.5. The molecule has 1 aromatic carbocycles. The Bertz CT molecular complexity index is 473. The zero-order chi connectivity index (χ0) is 14.6. The highest BCUT2D eigenvalue weighted by Crippen LogP contribution is 2.33. The highest BCUT2D eigenvalue weighted by Gasteiger charge is 2.28. The van der Waals surface area contributed by atoms with Crippen LogP contribution in [0, 0.1) is 5.41 Å². The Kier molecular flexibility index (Phi) is 4.92. The second-order valence-corrected chi connectivity index (χ2v) is 6.43. The predicted molar refractivity (Wildman–Crippen MR) is 81.4 cm³/mol. The summed E-state index contributed by atoms with van der Waals surface area (Å²) in [6, 6.07) is 7.78. The minimum atomic E-state index is -0.105. The monoisotopic (exact) mass is 295 g/mol. The van der Waals surface area contributed by atoms with Crippen molar-refractivity contribution in [2.75, 3.05) is 19.0 Å². The van der Waals surface area contributed by atoms with E-state index in [4.69, 9.17) is 16.3 Å². The first-order valence-electron chi connectivity index (χ1n) is 7.09. The summed E-state index contributed by atoms with van der Waals surface area (Å²) in [6.45, 7) is 5.49. The first-order valence-corrected chi connectivity index (χ1v) is 7.62. The van der Waals surface area contributed by atoms with Crippen LogP contribution in [-0.2, 0) is 4.79 Å². The maximum absolute atomic E-state index is 12.4. The van der Waals surface area contributed by atoms with Gasteiger partial charge in [0.05, 0.1) is 12.5 Å². The molecule has 1 amide bonds. The maximum atomic E-state index is 12.4. The summed E-state index contributed by atoms with van der Waals surface area (Å²) in [7, 11) is 0. The van der Waals surface area contributed by atoms with Crippen molar-refractivity contribution in [1.29, 1.82) is 0 Å². The molecule has 0 aromatic heterocycles. The predicted octanol–water partition coefficient (Wildman–Crippen LogP) is 3.32. The zero-order valence-electron chi connectivity index (χ0n) is 12.1. The van der Waals surface area contributed by atoms with Gasteiger partial charge in [-0.05, 0) is 24.3 Å². The van der Waals surface area contributed by atoms with Crippen LogP contribution in [0.15, 0.2) is 24.3 Å². The number of carbonyl (C=O) groups is 1. The largest absolute Gasteiger partial charge is 0.493 e. The van der Waals surface area contributed by atoms with Gasteiger partial charge < -0.3 is 10.1 Å². The van der Waals surface area contributed by atoms with Gasteiger partial charge in [-0.15, -0.1) is 11.6 Å². The van der Waals surface area contributed by atoms with Crippen molar-refractivity contribution in [3.05, 3.63) is 29.8 Å². The van der Waals surface area contributed by atoms with Crippen molar-refractivity contribution >= 4 is 17.5 Å². The van der Waals surface area contributed by atoms with Crippen LogP contribution in [0.4, 0.5) is 0 Å². The lowest BCUT2D eigenvalue weighted by Gasteiger charge is -2.28. The van der Waals surface area contributed by atoms with Gasteiger partial charge in [-0.1, -0.05) is 32.0 Å². The maximum Gasteiger partial charge on any atom is 0.227 e. The number of hydrogen-bond donors (Lipinski definition) is 1. The lowest BCUT2D eigenvalue weighted by molar-refractivity contribution is -0.123. The standard InChI is InChI=1S/C16H22ClNO2/c1-16(2,8-9-17)11-18-15(19)13-7-10-20-14-6-4-3-5-12(13)14/h3-6,13H,7-11H2,1-2H3,(H,18,19). The Labute approximate surface area is 125 Å². The molecule has 1 aliphatic rings. The number of fused-ring (bicyclic) bond motifs is 1. The Morgan fingerprint density at radius 2 is 2.20 bits per heavy atom. The Balaban J connectivity index is 2.01. The Hall–Kier alpha value is -1.22. The van der Waals surface area contributed by atoms with Crippen LogP contribution < -0.4 is 10.1 Å². The fourth-order valence-electron chi connectivity index (χ4n) is 2.41. The van der Waals surface area contributed by atoms with E-state index in [0.717, 1.165) is 24.2 Å². The number of nitrogens with one attached hydrogen (secondary N) is 1. The van der Waals surface area contributed by atoms with E-state index in [1.54, 1.807) is 0 Å². The number of para-hydroxylation sites is 1. The minimum absolute atomic E-state index is 0.0299. The normalized spacial score (nSPS) is 18.1. The summed E-state index contributed by atoms with van der Waals surface area (Å²) in [4.78, 5) is 12.4. The smallest absolute Gasteiger partial charge is 0.227 e. The molecule has 4 heteroatoms. The van der Waals surface area contributed by atoms with Crippen LogP contribution >= 0.6 is 11.6 Å². The fraction of sp³-hybridized carbons (Fsp3) is 0.562. The van der Waals surface area contributed by atoms with Gasteiger partial charge in [0.1, 0.15) is 5.75 Å². The van der Waals surface area contributed by atoms with Crippen molar-refractivity contribution in [3.63, 3.8) is 0 Å². The van der Waals surface area contributed by atoms with E-state index in [2.05, 4.69) is 19.2 Å². The number of rotatable bonds is 5. The van der Waals surface area contributed by atoms with E-state index in [-0.39, 0.29) is 17.2 Å². The van der Waals surface area contributed by atoms with Crippen molar-refractivity contribution in [2.45, 2.75) is 32.6 Å². The van der Waals surface area contributed by atoms with Crippen LogP contribution in [0.2, 0.25) is 0 Å². The summed E-state index contributed by atoms with van der Waals surface area (Å²) in [5.41, 5.74) is 1.02. The van der Waals surface area contributed by atoms with Gasteiger partial charge in [0.25, 0.3) is 0 Å². The van der Waals surface area contributed by atoms with Crippen molar-refractivity contribution in [3.8, 4) is 5.75 Å². The van der Waals surface area contributed by atoms with Crippen LogP contribution in [0.5, 0.6) is 5.75 Å². The molecular weight excluding hydrogens is 274 g/mol. The van der Waals surface area contributed by atoms with Crippen molar-refractivity contribution < 1.29 is 9.53 Å². The SMILES string of the molecule is CC(C)(CCCl)CNC(=O)C1CCOc2ccccc21. The molecule has 1 aromatic rings. The average Bonchev–Trinajstić information content (AvgIpc) is 2.44. The fourth-order valence-corrected chi connectivity index (χ4v) is 2.92. The Morgan fingerprint density at radius 1 is 1.45 bits per heavy atom. The summed E-state index contributed by atoms with van der Waals surface area (Å²) in [6.07, 6.45) is 1.62. The number of halogens is 1. The van der Waals surface area contributed by atoms with Gasteiger partial charge in [-0.2, -0.15) is 0 Å². The quantitative estimate of drug-likeness (QED) is 0.846. The number of ether oxygens (including phenoxy) is 1. The van der Waals surface area contributed by atoms with E-state index in [9.17, 15) is 4.79 Å². The van der Waals surface area contributed by atoms with E-state index in [1.165, 1.54) is 0 Å². The molecule has 0 saturated heterocycles. The first-order chi connectivity index (χ1) is 9.53. The van der Waals surface area contributed by atoms with E-state index in [0.29, 0.717) is 19.0 Å². The molecule has 1 aliphatic heterocycles. The van der Waals surface area contributed by atoms with E-state index >= 15 is 0 Å². The number of benzene rings is 1. The molecule has 0 fully saturated rings. The summed E-state index contributed by atoms with van der Waals surface area (Å²) in [5, 5.41) is 3.07. The highest BCUT2D eigenvalue weighted by molar-refractivity contribution is 6.17. The minimum Gasteiger partial charge on any atom is -0.493 e.